The summed E-state index contributed by atoms with van der Waals surface area (Å²) in [5, 5.41) is 2.41. The summed E-state index contributed by atoms with van der Waals surface area (Å²) in [7, 11) is 0. The molecule has 0 heterocycles. The predicted octanol–water partition coefficient (Wildman–Crippen LogP) is 4.04. The Kier molecular flexibility index (Phi) is 4.54. The van der Waals surface area contributed by atoms with E-state index >= 15 is 0 Å². The van der Waals surface area contributed by atoms with Gasteiger partial charge in [0, 0.05) is 11.1 Å². The van der Waals surface area contributed by atoms with Crippen LogP contribution in [0.1, 0.15) is 40.5 Å². The van der Waals surface area contributed by atoms with E-state index in [1.165, 1.54) is 20.8 Å². The fourth-order valence-electron chi connectivity index (χ4n) is 1.94. The molecule has 0 bridgehead atoms. The average molecular weight is 265 g/mol. The van der Waals surface area contributed by atoms with Crippen LogP contribution < -0.4 is 5.32 Å². The van der Waals surface area contributed by atoms with Gasteiger partial charge in [-0.2, -0.15) is 26.3 Å². The Morgan fingerprint density at radius 2 is 1.00 bits per heavy atom. The molecule has 0 aliphatic rings. The van der Waals surface area contributed by atoms with Crippen molar-refractivity contribution in [3.63, 3.8) is 0 Å². The summed E-state index contributed by atoms with van der Waals surface area (Å²) in [5.74, 6) is 0. The van der Waals surface area contributed by atoms with Crippen LogP contribution in [0.4, 0.5) is 26.3 Å². The first kappa shape index (κ1) is 16.5. The Balaban J connectivity index is 4.95. The van der Waals surface area contributed by atoms with Gasteiger partial charge >= 0.3 is 12.4 Å². The van der Waals surface area contributed by atoms with Crippen molar-refractivity contribution in [1.82, 2.24) is 5.32 Å². The Morgan fingerprint density at radius 1 is 0.706 bits per heavy atom. The van der Waals surface area contributed by atoms with Crippen molar-refractivity contribution in [2.75, 3.05) is 0 Å². The van der Waals surface area contributed by atoms with E-state index in [9.17, 15) is 26.3 Å². The Hall–Kier alpha value is -0.460. The monoisotopic (exact) mass is 265 g/mol. The van der Waals surface area contributed by atoms with Crippen LogP contribution in [-0.2, 0) is 0 Å². The normalized spacial score (nSPS) is 15.2. The lowest BCUT2D eigenvalue weighted by Gasteiger charge is -2.38. The molecule has 0 amide bonds. The zero-order valence-corrected chi connectivity index (χ0v) is 10.2. The summed E-state index contributed by atoms with van der Waals surface area (Å²) in [6.45, 7) is 5.52. The smallest absolute Gasteiger partial charge is 0.306 e. The van der Waals surface area contributed by atoms with Crippen molar-refractivity contribution in [3.05, 3.63) is 0 Å². The van der Waals surface area contributed by atoms with Crippen molar-refractivity contribution in [3.8, 4) is 0 Å². The Bertz CT molecular complexity index is 206. The first-order valence-corrected chi connectivity index (χ1v) is 5.05. The van der Waals surface area contributed by atoms with E-state index in [2.05, 4.69) is 5.32 Å². The molecule has 0 spiro atoms. The molecule has 0 fully saturated rings. The molecule has 0 saturated carbocycles. The fraction of sp³-hybridized carbons (Fsp3) is 1.00. The van der Waals surface area contributed by atoms with Crippen LogP contribution in [0.15, 0.2) is 0 Å². The van der Waals surface area contributed by atoms with E-state index < -0.39 is 36.3 Å². The first-order chi connectivity index (χ1) is 7.12. The van der Waals surface area contributed by atoms with Gasteiger partial charge in [-0.25, -0.2) is 0 Å². The Labute approximate surface area is 96.6 Å². The van der Waals surface area contributed by atoms with Crippen LogP contribution in [-0.4, -0.2) is 23.4 Å². The predicted molar refractivity (Wildman–Crippen MR) is 52.6 cm³/mol. The molecule has 0 aromatic heterocycles. The van der Waals surface area contributed by atoms with Gasteiger partial charge in [-0.15, -0.1) is 0 Å². The number of rotatable bonds is 3. The van der Waals surface area contributed by atoms with Crippen molar-refractivity contribution in [2.45, 2.75) is 64.0 Å². The quantitative estimate of drug-likeness (QED) is 0.759. The molecule has 0 aliphatic carbocycles. The molecular weight excluding hydrogens is 248 g/mol. The molecule has 0 saturated heterocycles. The molecule has 1 N–H and O–H groups in total. The summed E-state index contributed by atoms with van der Waals surface area (Å²) in [6, 6.07) is 0. The Morgan fingerprint density at radius 3 is 1.18 bits per heavy atom. The molecule has 0 rings (SSSR count). The maximum atomic E-state index is 12.3. The number of nitrogens with one attached hydrogen (secondary N) is 1. The van der Waals surface area contributed by atoms with Crippen molar-refractivity contribution in [1.29, 1.82) is 0 Å². The minimum Gasteiger partial charge on any atom is -0.306 e. The van der Waals surface area contributed by atoms with Crippen LogP contribution in [0.3, 0.4) is 0 Å². The van der Waals surface area contributed by atoms with E-state index in [1.807, 2.05) is 0 Å². The second-order valence-corrected chi connectivity index (χ2v) is 5.52. The fourth-order valence-corrected chi connectivity index (χ4v) is 1.94. The summed E-state index contributed by atoms with van der Waals surface area (Å²) < 4.78 is 73.8. The maximum Gasteiger partial charge on any atom is 0.390 e. The van der Waals surface area contributed by atoms with Crippen LogP contribution in [0.25, 0.3) is 0 Å². The molecule has 0 aromatic rings. The first-order valence-electron chi connectivity index (χ1n) is 5.05. The van der Waals surface area contributed by atoms with Crippen molar-refractivity contribution >= 4 is 0 Å². The van der Waals surface area contributed by atoms with Gasteiger partial charge in [0.05, 0.1) is 12.8 Å². The second kappa shape index (κ2) is 4.66. The lowest BCUT2D eigenvalue weighted by atomic mass is 9.89. The highest BCUT2D eigenvalue weighted by Crippen LogP contribution is 2.36. The van der Waals surface area contributed by atoms with Gasteiger partial charge in [0.25, 0.3) is 0 Å². The van der Waals surface area contributed by atoms with Gasteiger partial charge in [0.15, 0.2) is 0 Å². The van der Waals surface area contributed by atoms with E-state index in [0.717, 1.165) is 6.92 Å². The highest BCUT2D eigenvalue weighted by atomic mass is 19.4. The third-order valence-electron chi connectivity index (χ3n) is 1.86. The average Bonchev–Trinajstić information content (AvgIpc) is 1.65. The van der Waals surface area contributed by atoms with Gasteiger partial charge in [-0.1, -0.05) is 0 Å². The summed E-state index contributed by atoms with van der Waals surface area (Å²) in [6.07, 6.45) is -12.3. The van der Waals surface area contributed by atoms with Gasteiger partial charge < -0.3 is 5.32 Å². The molecule has 17 heavy (non-hydrogen) atoms. The van der Waals surface area contributed by atoms with Gasteiger partial charge in [0.1, 0.15) is 0 Å². The highest BCUT2D eigenvalue weighted by molar-refractivity contribution is 4.92. The third-order valence-corrected chi connectivity index (χ3v) is 1.86. The molecule has 0 aromatic carbocycles. The van der Waals surface area contributed by atoms with E-state index in [-0.39, 0.29) is 0 Å². The third kappa shape index (κ3) is 9.26. The summed E-state index contributed by atoms with van der Waals surface area (Å²) in [5.41, 5.74) is -2.88. The molecular formula is C10H17F6N. The van der Waals surface area contributed by atoms with E-state index in [1.54, 1.807) is 0 Å². The van der Waals surface area contributed by atoms with Gasteiger partial charge in [-0.3, -0.25) is 0 Å². The molecule has 7 heteroatoms. The molecule has 104 valence electrons. The summed E-state index contributed by atoms with van der Waals surface area (Å²) >= 11 is 0. The van der Waals surface area contributed by atoms with Gasteiger partial charge in [0.2, 0.25) is 0 Å². The van der Waals surface area contributed by atoms with Gasteiger partial charge in [-0.05, 0) is 27.7 Å². The lowest BCUT2D eigenvalue weighted by Crippen LogP contribution is -2.56. The van der Waals surface area contributed by atoms with E-state index in [4.69, 9.17) is 0 Å². The van der Waals surface area contributed by atoms with E-state index in [0.29, 0.717) is 0 Å². The number of hydrogen-bond acceptors (Lipinski definition) is 1. The zero-order chi connectivity index (χ0) is 14.1. The largest absolute Gasteiger partial charge is 0.390 e. The minimum atomic E-state index is -4.64. The van der Waals surface area contributed by atoms with Crippen LogP contribution in [0.5, 0.6) is 0 Å². The number of halogens is 6. The lowest BCUT2D eigenvalue weighted by molar-refractivity contribution is -0.181. The SMILES string of the molecule is CC(C)(C)NC(C)(CC(F)(F)F)CC(F)(F)F. The molecule has 0 unspecified atom stereocenters. The summed E-state index contributed by atoms with van der Waals surface area (Å²) in [4.78, 5) is 0. The topological polar surface area (TPSA) is 12.0 Å². The zero-order valence-electron chi connectivity index (χ0n) is 10.2. The van der Waals surface area contributed by atoms with Crippen LogP contribution in [0.2, 0.25) is 0 Å². The van der Waals surface area contributed by atoms with Crippen molar-refractivity contribution in [2.24, 2.45) is 0 Å². The van der Waals surface area contributed by atoms with Crippen molar-refractivity contribution < 1.29 is 26.3 Å². The highest BCUT2D eigenvalue weighted by Gasteiger charge is 2.47. The molecule has 0 radical (unpaired) electrons. The molecule has 0 aliphatic heterocycles. The number of alkyl halides is 6. The van der Waals surface area contributed by atoms with Crippen LogP contribution in [0, 0.1) is 0 Å². The maximum absolute atomic E-state index is 12.3. The second-order valence-electron chi connectivity index (χ2n) is 5.52. The standard InChI is InChI=1S/C10H17F6N/c1-7(2,3)17-8(4,5-9(11,12)13)6-10(14,15)16/h17H,5-6H2,1-4H3. The number of hydrogen-bond donors (Lipinski definition) is 1. The minimum absolute atomic E-state index is 0.828. The van der Waals surface area contributed by atoms with Crippen LogP contribution >= 0.6 is 0 Å². The molecule has 1 nitrogen and oxygen atoms in total. The molecule has 0 atom stereocenters.